The first-order chi connectivity index (χ1) is 14.0. The highest BCUT2D eigenvalue weighted by molar-refractivity contribution is 7.99. The zero-order chi connectivity index (χ0) is 20.8. The van der Waals surface area contributed by atoms with Crippen molar-refractivity contribution < 1.29 is 23.4 Å². The van der Waals surface area contributed by atoms with Crippen molar-refractivity contribution in [3.05, 3.63) is 46.5 Å². The number of carbonyl (C=O) groups is 1. The molecule has 0 spiro atoms. The second-order valence-electron chi connectivity index (χ2n) is 5.59. The number of rotatable bonds is 8. The Morgan fingerprint density at radius 1 is 1.38 bits per heavy atom. The van der Waals surface area contributed by atoms with E-state index in [4.69, 9.17) is 20.6 Å². The van der Waals surface area contributed by atoms with E-state index in [2.05, 4.69) is 25.5 Å². The molecule has 3 aromatic rings. The summed E-state index contributed by atoms with van der Waals surface area (Å²) >= 11 is 6.98. The van der Waals surface area contributed by atoms with Gasteiger partial charge in [0.25, 0.3) is 5.89 Å². The molecule has 0 atom stereocenters. The maximum absolute atomic E-state index is 13.3. The van der Waals surface area contributed by atoms with E-state index in [0.717, 1.165) is 6.07 Å². The summed E-state index contributed by atoms with van der Waals surface area (Å²) in [4.78, 5) is 16.1. The van der Waals surface area contributed by atoms with Gasteiger partial charge in [-0.3, -0.25) is 15.5 Å². The average molecular weight is 441 g/mol. The first kappa shape index (κ1) is 20.9. The van der Waals surface area contributed by atoms with Crippen LogP contribution in [0.25, 0.3) is 0 Å². The molecule has 2 aromatic heterocycles. The fraction of sp³-hybridized carbons (Fsp3) is 0.250. The molecule has 29 heavy (non-hydrogen) atoms. The van der Waals surface area contributed by atoms with E-state index >= 15 is 0 Å². The summed E-state index contributed by atoms with van der Waals surface area (Å²) in [7, 11) is 0. The van der Waals surface area contributed by atoms with Crippen LogP contribution in [0.15, 0.2) is 37.3 Å². The lowest BCUT2D eigenvalue weighted by Gasteiger charge is -2.03. The van der Waals surface area contributed by atoms with Crippen molar-refractivity contribution in [3.8, 4) is 0 Å². The number of ketones is 1. The third-order valence-electron chi connectivity index (χ3n) is 3.48. The smallest absolute Gasteiger partial charge is 0.283 e. The molecule has 0 amide bonds. The van der Waals surface area contributed by atoms with Gasteiger partial charge in [-0.25, -0.2) is 14.0 Å². The second-order valence-corrected chi connectivity index (χ2v) is 7.08. The van der Waals surface area contributed by atoms with Gasteiger partial charge >= 0.3 is 0 Å². The summed E-state index contributed by atoms with van der Waals surface area (Å²) in [6, 6.07) is 3.82. The third kappa shape index (κ3) is 5.37. The molecular weight excluding hydrogens is 427 g/mol. The second kappa shape index (κ2) is 9.58. The number of aromatic nitrogens is 4. The summed E-state index contributed by atoms with van der Waals surface area (Å²) in [5.41, 5.74) is 2.35. The molecule has 0 saturated carbocycles. The van der Waals surface area contributed by atoms with Crippen LogP contribution in [0, 0.1) is 12.7 Å². The van der Waals surface area contributed by atoms with Crippen LogP contribution in [-0.4, -0.2) is 43.1 Å². The van der Waals surface area contributed by atoms with Gasteiger partial charge in [0.1, 0.15) is 5.82 Å². The Morgan fingerprint density at radius 2 is 2.21 bits per heavy atom. The number of hydrogen-bond acceptors (Lipinski definition) is 10. The molecule has 10 nitrogen and oxygen atoms in total. The van der Waals surface area contributed by atoms with Crippen LogP contribution < -0.4 is 5.48 Å². The van der Waals surface area contributed by atoms with E-state index in [0.29, 0.717) is 23.1 Å². The lowest BCUT2D eigenvalue weighted by atomic mass is 10.2. The first-order valence-corrected chi connectivity index (χ1v) is 9.57. The van der Waals surface area contributed by atoms with Crippen molar-refractivity contribution in [2.75, 3.05) is 5.75 Å². The standard InChI is InChI=1S/C16H14ClFN6O4S/c1-8-20-21-15(27-8)12(25)3-2-6-29-16-13(23-28-24-16)14(22-26)19-9-4-5-11(18)10(17)7-9/h4-5,7,26H,2-3,6H2,1H3,(H,19,22). The number of hydrogen-bond donors (Lipinski definition) is 2. The summed E-state index contributed by atoms with van der Waals surface area (Å²) < 4.78 is 23.1. The van der Waals surface area contributed by atoms with E-state index in [1.54, 1.807) is 6.92 Å². The highest BCUT2D eigenvalue weighted by atomic mass is 35.5. The Kier molecular flexibility index (Phi) is 6.90. The molecule has 0 saturated heterocycles. The van der Waals surface area contributed by atoms with Crippen LogP contribution in [0.4, 0.5) is 10.1 Å². The molecular formula is C16H14ClFN6O4S. The molecule has 1 aromatic carbocycles. The molecule has 0 fully saturated rings. The van der Waals surface area contributed by atoms with E-state index in [1.165, 1.54) is 23.9 Å². The molecule has 0 unspecified atom stereocenters. The van der Waals surface area contributed by atoms with Crippen LogP contribution >= 0.6 is 23.4 Å². The largest absolute Gasteiger partial charge is 0.419 e. The van der Waals surface area contributed by atoms with E-state index in [9.17, 15) is 14.4 Å². The van der Waals surface area contributed by atoms with Crippen molar-refractivity contribution in [1.29, 1.82) is 0 Å². The summed E-state index contributed by atoms with van der Waals surface area (Å²) in [5.74, 6) is -0.0964. The summed E-state index contributed by atoms with van der Waals surface area (Å²) in [6.07, 6.45) is 0.715. The monoisotopic (exact) mass is 440 g/mol. The molecule has 0 radical (unpaired) electrons. The predicted molar refractivity (Wildman–Crippen MR) is 100 cm³/mol. The van der Waals surface area contributed by atoms with Crippen LogP contribution in [-0.2, 0) is 0 Å². The van der Waals surface area contributed by atoms with Gasteiger partial charge in [0.05, 0.1) is 10.7 Å². The van der Waals surface area contributed by atoms with Crippen LogP contribution in [0.5, 0.6) is 0 Å². The van der Waals surface area contributed by atoms with Crippen molar-refractivity contribution in [2.24, 2.45) is 4.99 Å². The molecule has 2 heterocycles. The number of halogens is 2. The summed E-state index contributed by atoms with van der Waals surface area (Å²) in [6.45, 7) is 1.60. The fourth-order valence-corrected chi connectivity index (χ4v) is 3.17. The maximum Gasteiger partial charge on any atom is 0.283 e. The number of aliphatic imine (C=N–C) groups is 1. The predicted octanol–water partition coefficient (Wildman–Crippen LogP) is 3.37. The Balaban J connectivity index is 1.62. The topological polar surface area (TPSA) is 140 Å². The number of benzene rings is 1. The van der Waals surface area contributed by atoms with Gasteiger partial charge in [-0.2, -0.15) is 0 Å². The number of nitrogens with zero attached hydrogens (tertiary/aromatic N) is 5. The minimum absolute atomic E-state index is 0.0202. The number of thioether (sulfide) groups is 1. The van der Waals surface area contributed by atoms with E-state index in [-0.39, 0.29) is 40.3 Å². The van der Waals surface area contributed by atoms with E-state index < -0.39 is 5.82 Å². The van der Waals surface area contributed by atoms with Crippen molar-refractivity contribution in [2.45, 2.75) is 24.8 Å². The van der Waals surface area contributed by atoms with Crippen LogP contribution in [0.1, 0.15) is 35.1 Å². The Morgan fingerprint density at radius 3 is 2.90 bits per heavy atom. The minimum atomic E-state index is -0.589. The van der Waals surface area contributed by atoms with Gasteiger partial charge in [-0.1, -0.05) is 11.6 Å². The Hall–Kier alpha value is -2.83. The van der Waals surface area contributed by atoms with Gasteiger partial charge in [0.15, 0.2) is 16.6 Å². The molecule has 152 valence electrons. The third-order valence-corrected chi connectivity index (χ3v) is 4.81. The van der Waals surface area contributed by atoms with Crippen molar-refractivity contribution in [3.63, 3.8) is 0 Å². The molecule has 13 heteroatoms. The minimum Gasteiger partial charge on any atom is -0.419 e. The lowest BCUT2D eigenvalue weighted by Crippen LogP contribution is -2.21. The SMILES string of the molecule is Cc1nnc(C(=O)CCCSc2nonc2C(=Nc2ccc(F)c(Cl)c2)NO)o1. The van der Waals surface area contributed by atoms with Crippen molar-refractivity contribution >= 4 is 40.7 Å². The molecule has 0 bridgehead atoms. The van der Waals surface area contributed by atoms with Gasteiger partial charge in [-0.15, -0.1) is 22.0 Å². The normalized spacial score (nSPS) is 11.7. The van der Waals surface area contributed by atoms with Gasteiger partial charge in [0, 0.05) is 19.1 Å². The number of carbonyl (C=O) groups excluding carboxylic acids is 1. The number of Topliss-reactive ketones (excluding diaryl/α,β-unsaturated/α-hetero) is 1. The zero-order valence-electron chi connectivity index (χ0n) is 14.9. The number of nitrogens with one attached hydrogen (secondary N) is 1. The molecule has 0 aliphatic rings. The average Bonchev–Trinajstić information content (AvgIpc) is 3.35. The van der Waals surface area contributed by atoms with Crippen molar-refractivity contribution in [1.82, 2.24) is 26.0 Å². The lowest BCUT2D eigenvalue weighted by molar-refractivity contribution is 0.0947. The van der Waals surface area contributed by atoms with E-state index in [1.807, 2.05) is 5.48 Å². The Bertz CT molecular complexity index is 1040. The summed E-state index contributed by atoms with van der Waals surface area (Å²) in [5, 5.41) is 24.4. The quantitative estimate of drug-likeness (QED) is 0.134. The highest BCUT2D eigenvalue weighted by Crippen LogP contribution is 2.25. The highest BCUT2D eigenvalue weighted by Gasteiger charge is 2.18. The fourth-order valence-electron chi connectivity index (χ4n) is 2.15. The Labute approximate surface area is 172 Å². The van der Waals surface area contributed by atoms with Crippen LogP contribution in [0.3, 0.4) is 0 Å². The van der Waals surface area contributed by atoms with Gasteiger partial charge in [-0.05, 0) is 34.9 Å². The van der Waals surface area contributed by atoms with Crippen LogP contribution in [0.2, 0.25) is 5.02 Å². The zero-order valence-corrected chi connectivity index (χ0v) is 16.5. The first-order valence-electron chi connectivity index (χ1n) is 8.21. The molecule has 0 aliphatic heterocycles. The molecule has 3 rings (SSSR count). The number of aryl methyl sites for hydroxylation is 1. The molecule has 0 aliphatic carbocycles. The van der Waals surface area contributed by atoms with Gasteiger partial charge in [0.2, 0.25) is 11.7 Å². The molecule has 2 N–H and O–H groups in total. The number of hydroxylamine groups is 1. The maximum atomic E-state index is 13.3. The number of amidine groups is 1. The van der Waals surface area contributed by atoms with Gasteiger partial charge < -0.3 is 4.42 Å².